The molecule has 0 heterocycles. The van der Waals surface area contributed by atoms with E-state index in [0.29, 0.717) is 12.8 Å². The third kappa shape index (κ3) is 14.9. The molecule has 26 heavy (non-hydrogen) atoms. The first-order valence-corrected chi connectivity index (χ1v) is 11.3. The summed E-state index contributed by atoms with van der Waals surface area (Å²) in [6.45, 7) is 2.30. The normalized spacial score (nSPS) is 15.7. The molecule has 4 N–H and O–H groups in total. The zero-order valence-corrected chi connectivity index (χ0v) is 16.9. The number of hydrogen-bond donors (Lipinski definition) is 4. The van der Waals surface area contributed by atoms with E-state index in [9.17, 15) is 18.6 Å². The van der Waals surface area contributed by atoms with Gasteiger partial charge in [0.15, 0.2) is 0 Å². The van der Waals surface area contributed by atoms with Gasteiger partial charge in [-0.1, -0.05) is 71.1 Å². The van der Waals surface area contributed by atoms with Gasteiger partial charge in [-0.2, -0.15) is 8.42 Å². The molecule has 0 fully saturated rings. The van der Waals surface area contributed by atoms with Gasteiger partial charge in [-0.25, -0.2) is 4.18 Å². The van der Waals surface area contributed by atoms with Gasteiger partial charge in [0.05, 0.1) is 6.10 Å². The Bertz CT molecular complexity index is 414. The summed E-state index contributed by atoms with van der Waals surface area (Å²) in [5.74, 6) is 0. The SMILES string of the molecule is CCCCCCCC(O)C(O)C(CCCCCCCCO)OS(=O)(=O)O. The molecule has 3 unspecified atom stereocenters. The van der Waals surface area contributed by atoms with Crippen molar-refractivity contribution >= 4 is 10.4 Å². The van der Waals surface area contributed by atoms with Crippen LogP contribution in [0.1, 0.15) is 90.4 Å². The molecule has 0 bridgehead atoms. The van der Waals surface area contributed by atoms with Crippen LogP contribution >= 0.6 is 0 Å². The van der Waals surface area contributed by atoms with E-state index in [-0.39, 0.29) is 13.0 Å². The Labute approximate surface area is 158 Å². The first kappa shape index (κ1) is 25.8. The van der Waals surface area contributed by atoms with Crippen molar-refractivity contribution in [3.63, 3.8) is 0 Å². The van der Waals surface area contributed by atoms with E-state index in [4.69, 9.17) is 9.66 Å². The summed E-state index contributed by atoms with van der Waals surface area (Å²) in [7, 11) is -4.69. The van der Waals surface area contributed by atoms with E-state index in [2.05, 4.69) is 11.1 Å². The van der Waals surface area contributed by atoms with E-state index in [1.54, 1.807) is 0 Å². The molecule has 0 saturated carbocycles. The van der Waals surface area contributed by atoms with Crippen LogP contribution in [0.2, 0.25) is 0 Å². The first-order chi connectivity index (χ1) is 12.3. The largest absolute Gasteiger partial charge is 0.397 e. The van der Waals surface area contributed by atoms with Gasteiger partial charge in [-0.05, 0) is 19.3 Å². The number of unbranched alkanes of at least 4 members (excludes halogenated alkanes) is 9. The predicted octanol–water partition coefficient (Wildman–Crippen LogP) is 2.98. The average molecular weight is 399 g/mol. The molecular weight excluding hydrogens is 360 g/mol. The van der Waals surface area contributed by atoms with Crippen molar-refractivity contribution in [2.45, 2.75) is 109 Å². The number of hydrogen-bond acceptors (Lipinski definition) is 6. The standard InChI is InChI=1S/C18H38O7S/c1-2-3-4-7-10-13-16(20)18(21)17(25-26(22,23)24)14-11-8-5-6-9-12-15-19/h16-21H,2-15H2,1H3,(H,22,23,24). The summed E-state index contributed by atoms with van der Waals surface area (Å²) in [6.07, 6.45) is 7.17. The Balaban J connectivity index is 4.28. The fraction of sp³-hybridized carbons (Fsp3) is 1.00. The maximum absolute atomic E-state index is 11.0. The van der Waals surface area contributed by atoms with Crippen LogP contribution < -0.4 is 0 Å². The summed E-state index contributed by atoms with van der Waals surface area (Å²) >= 11 is 0. The second-order valence-electron chi connectivity index (χ2n) is 6.96. The lowest BCUT2D eigenvalue weighted by atomic mass is 9.97. The number of aliphatic hydroxyl groups excluding tert-OH is 3. The van der Waals surface area contributed by atoms with Crippen LogP contribution in [0, 0.1) is 0 Å². The van der Waals surface area contributed by atoms with Gasteiger partial charge in [0.1, 0.15) is 12.2 Å². The highest BCUT2D eigenvalue weighted by atomic mass is 32.3. The predicted molar refractivity (Wildman–Crippen MR) is 101 cm³/mol. The zero-order chi connectivity index (χ0) is 19.8. The minimum absolute atomic E-state index is 0.187. The van der Waals surface area contributed by atoms with Crippen LogP contribution in [0.25, 0.3) is 0 Å². The Morgan fingerprint density at radius 2 is 1.31 bits per heavy atom. The topological polar surface area (TPSA) is 124 Å². The van der Waals surface area contributed by atoms with Crippen molar-refractivity contribution in [1.29, 1.82) is 0 Å². The van der Waals surface area contributed by atoms with Crippen LogP contribution in [-0.2, 0) is 14.6 Å². The maximum atomic E-state index is 11.0. The Morgan fingerprint density at radius 1 is 0.808 bits per heavy atom. The van der Waals surface area contributed by atoms with Crippen molar-refractivity contribution in [3.05, 3.63) is 0 Å². The highest BCUT2D eigenvalue weighted by Gasteiger charge is 2.30. The molecule has 158 valence electrons. The first-order valence-electron chi connectivity index (χ1n) is 9.94. The smallest absolute Gasteiger partial charge is 0.396 e. The monoisotopic (exact) mass is 398 g/mol. The van der Waals surface area contributed by atoms with Crippen LogP contribution in [-0.4, -0.2) is 53.2 Å². The van der Waals surface area contributed by atoms with Crippen molar-refractivity contribution in [1.82, 2.24) is 0 Å². The fourth-order valence-electron chi connectivity index (χ4n) is 2.97. The third-order valence-corrected chi connectivity index (χ3v) is 5.01. The highest BCUT2D eigenvalue weighted by molar-refractivity contribution is 7.80. The molecule has 0 aliphatic heterocycles. The van der Waals surface area contributed by atoms with Crippen LogP contribution in [0.3, 0.4) is 0 Å². The molecule has 8 heteroatoms. The van der Waals surface area contributed by atoms with E-state index < -0.39 is 28.7 Å². The molecule has 0 aliphatic rings. The highest BCUT2D eigenvalue weighted by Crippen LogP contribution is 2.19. The Morgan fingerprint density at radius 3 is 1.85 bits per heavy atom. The van der Waals surface area contributed by atoms with Gasteiger partial charge in [0.2, 0.25) is 0 Å². The summed E-state index contributed by atoms with van der Waals surface area (Å²) in [5.41, 5.74) is 0. The molecule has 0 spiro atoms. The fourth-order valence-corrected chi connectivity index (χ4v) is 3.49. The minimum atomic E-state index is -4.69. The third-order valence-electron chi connectivity index (χ3n) is 4.52. The molecule has 7 nitrogen and oxygen atoms in total. The minimum Gasteiger partial charge on any atom is -0.396 e. The quantitative estimate of drug-likeness (QED) is 0.207. The van der Waals surface area contributed by atoms with Crippen LogP contribution in [0.4, 0.5) is 0 Å². The van der Waals surface area contributed by atoms with Crippen molar-refractivity contribution in [2.75, 3.05) is 6.61 Å². The van der Waals surface area contributed by atoms with Gasteiger partial charge in [0.25, 0.3) is 0 Å². The molecule has 0 aromatic rings. The van der Waals surface area contributed by atoms with Crippen molar-refractivity contribution < 1.29 is 32.5 Å². The number of rotatable bonds is 18. The molecule has 0 amide bonds. The summed E-state index contributed by atoms with van der Waals surface area (Å²) in [6, 6.07) is 0. The Kier molecular flexibility index (Phi) is 15.6. The number of aliphatic hydroxyl groups is 3. The summed E-state index contributed by atoms with van der Waals surface area (Å²) in [5, 5.41) is 29.1. The lowest BCUT2D eigenvalue weighted by Crippen LogP contribution is -2.40. The molecule has 0 saturated heterocycles. The van der Waals surface area contributed by atoms with Crippen LogP contribution in [0.15, 0.2) is 0 Å². The van der Waals surface area contributed by atoms with Crippen LogP contribution in [0.5, 0.6) is 0 Å². The molecule has 0 aromatic carbocycles. The average Bonchev–Trinajstić information content (AvgIpc) is 2.58. The van der Waals surface area contributed by atoms with Gasteiger partial charge >= 0.3 is 10.4 Å². The van der Waals surface area contributed by atoms with Crippen molar-refractivity contribution in [2.24, 2.45) is 0 Å². The molecule has 0 aliphatic carbocycles. The molecule has 0 aromatic heterocycles. The second-order valence-corrected chi connectivity index (χ2v) is 8.00. The Hall–Kier alpha value is -0.250. The van der Waals surface area contributed by atoms with Gasteiger partial charge < -0.3 is 15.3 Å². The van der Waals surface area contributed by atoms with Gasteiger partial charge in [0, 0.05) is 6.61 Å². The second kappa shape index (κ2) is 15.8. The zero-order valence-electron chi connectivity index (χ0n) is 16.1. The van der Waals surface area contributed by atoms with E-state index in [1.165, 1.54) is 0 Å². The molecule has 3 atom stereocenters. The summed E-state index contributed by atoms with van der Waals surface area (Å²) < 4.78 is 35.6. The molecule has 0 radical (unpaired) electrons. The maximum Gasteiger partial charge on any atom is 0.397 e. The lowest BCUT2D eigenvalue weighted by molar-refractivity contribution is -0.0562. The van der Waals surface area contributed by atoms with Gasteiger partial charge in [-0.15, -0.1) is 0 Å². The van der Waals surface area contributed by atoms with Crippen molar-refractivity contribution in [3.8, 4) is 0 Å². The summed E-state index contributed by atoms with van der Waals surface area (Å²) in [4.78, 5) is 0. The van der Waals surface area contributed by atoms with E-state index in [0.717, 1.165) is 64.2 Å². The van der Waals surface area contributed by atoms with Gasteiger partial charge in [-0.3, -0.25) is 4.55 Å². The molecular formula is C18H38O7S. The molecule has 0 rings (SSSR count). The lowest BCUT2D eigenvalue weighted by Gasteiger charge is -2.25. The van der Waals surface area contributed by atoms with E-state index >= 15 is 0 Å². The van der Waals surface area contributed by atoms with E-state index in [1.807, 2.05) is 0 Å².